The van der Waals surface area contributed by atoms with Crippen LogP contribution in [0.2, 0.25) is 0 Å². The molecule has 0 bridgehead atoms. The molecule has 1 saturated carbocycles. The quantitative estimate of drug-likeness (QED) is 0.925. The molecule has 118 valence electrons. The van der Waals surface area contributed by atoms with E-state index in [1.807, 2.05) is 12.5 Å². The van der Waals surface area contributed by atoms with E-state index in [1.165, 1.54) is 58.2 Å². The Balaban J connectivity index is 1.62. The third-order valence-corrected chi connectivity index (χ3v) is 5.34. The highest BCUT2D eigenvalue weighted by atomic mass is 15.3. The van der Waals surface area contributed by atoms with Crippen molar-refractivity contribution in [1.29, 1.82) is 0 Å². The van der Waals surface area contributed by atoms with E-state index in [-0.39, 0.29) is 5.54 Å². The van der Waals surface area contributed by atoms with Gasteiger partial charge in [0.2, 0.25) is 0 Å². The summed E-state index contributed by atoms with van der Waals surface area (Å²) in [6, 6.07) is 0. The summed E-state index contributed by atoms with van der Waals surface area (Å²) in [5.74, 6) is 0. The van der Waals surface area contributed by atoms with Crippen molar-refractivity contribution in [3.63, 3.8) is 0 Å². The average molecular weight is 290 g/mol. The van der Waals surface area contributed by atoms with E-state index in [4.69, 9.17) is 0 Å². The highest BCUT2D eigenvalue weighted by molar-refractivity contribution is 5.03. The average Bonchev–Trinajstić information content (AvgIpc) is 2.97. The lowest BCUT2D eigenvalue weighted by molar-refractivity contribution is -0.0111. The van der Waals surface area contributed by atoms with Crippen LogP contribution in [-0.4, -0.2) is 45.2 Å². The van der Waals surface area contributed by atoms with Gasteiger partial charge in [0.25, 0.3) is 0 Å². The van der Waals surface area contributed by atoms with Gasteiger partial charge in [0.15, 0.2) is 0 Å². The maximum absolute atomic E-state index is 4.13. The lowest BCUT2D eigenvalue weighted by atomic mass is 9.77. The molecule has 2 fully saturated rings. The largest absolute Gasteiger partial charge is 0.337 e. The molecule has 1 aliphatic heterocycles. The lowest BCUT2D eigenvalue weighted by Crippen LogP contribution is -2.68. The summed E-state index contributed by atoms with van der Waals surface area (Å²) in [6.07, 6.45) is 14.1. The van der Waals surface area contributed by atoms with Crippen LogP contribution in [0.3, 0.4) is 0 Å². The first-order valence-corrected chi connectivity index (χ1v) is 8.56. The standard InChI is InChI=1S/C17H30N4/c1-16(2)14-21(11-6-10-20-12-9-18-15-20)17(13-19-16)7-4-3-5-8-17/h9,12,15,19H,3-8,10-11,13-14H2,1-2H3. The molecular formula is C17H30N4. The zero-order valence-electron chi connectivity index (χ0n) is 13.6. The molecule has 0 radical (unpaired) electrons. The monoisotopic (exact) mass is 290 g/mol. The Morgan fingerprint density at radius 2 is 1.95 bits per heavy atom. The SMILES string of the molecule is CC1(C)CN(CCCn2ccnc2)C2(CCCCC2)CN1. The second kappa shape index (κ2) is 6.09. The number of imidazole rings is 1. The third-order valence-electron chi connectivity index (χ3n) is 5.34. The minimum absolute atomic E-state index is 0.248. The Bertz CT molecular complexity index is 432. The van der Waals surface area contributed by atoms with Crippen LogP contribution in [0, 0.1) is 0 Å². The third kappa shape index (κ3) is 3.49. The molecule has 4 nitrogen and oxygen atoms in total. The first-order valence-electron chi connectivity index (χ1n) is 8.56. The minimum Gasteiger partial charge on any atom is -0.337 e. The molecule has 1 N–H and O–H groups in total. The van der Waals surface area contributed by atoms with Gasteiger partial charge in [-0.15, -0.1) is 0 Å². The maximum atomic E-state index is 4.13. The van der Waals surface area contributed by atoms with Gasteiger partial charge in [-0.1, -0.05) is 19.3 Å². The number of hydrogen-bond donors (Lipinski definition) is 1. The molecule has 3 rings (SSSR count). The van der Waals surface area contributed by atoms with Crippen molar-refractivity contribution in [3.8, 4) is 0 Å². The molecule has 2 heterocycles. The second-order valence-electron chi connectivity index (χ2n) is 7.60. The molecule has 1 spiro atoms. The number of aromatic nitrogens is 2. The fourth-order valence-electron chi connectivity index (χ4n) is 4.10. The molecule has 4 heteroatoms. The van der Waals surface area contributed by atoms with Gasteiger partial charge >= 0.3 is 0 Å². The summed E-state index contributed by atoms with van der Waals surface area (Å²) in [7, 11) is 0. The van der Waals surface area contributed by atoms with E-state index in [0.717, 1.165) is 6.54 Å². The Morgan fingerprint density at radius 1 is 1.14 bits per heavy atom. The summed E-state index contributed by atoms with van der Waals surface area (Å²) in [5.41, 5.74) is 0.681. The highest BCUT2D eigenvalue weighted by Gasteiger charge is 2.43. The first kappa shape index (κ1) is 15.0. The second-order valence-corrected chi connectivity index (χ2v) is 7.60. The summed E-state index contributed by atoms with van der Waals surface area (Å²) < 4.78 is 2.20. The van der Waals surface area contributed by atoms with Crippen molar-refractivity contribution >= 4 is 0 Å². The fourth-order valence-corrected chi connectivity index (χ4v) is 4.10. The molecular weight excluding hydrogens is 260 g/mol. The molecule has 0 unspecified atom stereocenters. The van der Waals surface area contributed by atoms with Gasteiger partial charge in [-0.2, -0.15) is 0 Å². The van der Waals surface area contributed by atoms with Crippen molar-refractivity contribution in [2.75, 3.05) is 19.6 Å². The van der Waals surface area contributed by atoms with E-state index < -0.39 is 0 Å². The molecule has 21 heavy (non-hydrogen) atoms. The predicted octanol–water partition coefficient (Wildman–Crippen LogP) is 2.66. The molecule has 1 aliphatic carbocycles. The van der Waals surface area contributed by atoms with Crippen molar-refractivity contribution in [2.24, 2.45) is 0 Å². The summed E-state index contributed by atoms with van der Waals surface area (Å²) in [5, 5.41) is 3.80. The van der Waals surface area contributed by atoms with Crippen molar-refractivity contribution < 1.29 is 0 Å². The van der Waals surface area contributed by atoms with Crippen molar-refractivity contribution in [1.82, 2.24) is 19.8 Å². The van der Waals surface area contributed by atoms with Gasteiger partial charge in [-0.25, -0.2) is 4.98 Å². The zero-order valence-corrected chi connectivity index (χ0v) is 13.6. The van der Waals surface area contributed by atoms with E-state index in [0.29, 0.717) is 5.54 Å². The van der Waals surface area contributed by atoms with E-state index >= 15 is 0 Å². The first-order chi connectivity index (χ1) is 10.1. The molecule has 0 amide bonds. The molecule has 0 atom stereocenters. The summed E-state index contributed by atoms with van der Waals surface area (Å²) >= 11 is 0. The van der Waals surface area contributed by atoms with Crippen molar-refractivity contribution in [3.05, 3.63) is 18.7 Å². The number of piperazine rings is 1. The smallest absolute Gasteiger partial charge is 0.0945 e. The topological polar surface area (TPSA) is 33.1 Å². The number of rotatable bonds is 4. The van der Waals surface area contributed by atoms with Gasteiger partial charge in [0.1, 0.15) is 0 Å². The molecule has 1 aromatic heterocycles. The Kier molecular flexibility index (Phi) is 4.36. The molecule has 0 aromatic carbocycles. The number of nitrogens with zero attached hydrogens (tertiary/aromatic N) is 3. The molecule has 2 aliphatic rings. The van der Waals surface area contributed by atoms with E-state index in [2.05, 4.69) is 39.8 Å². The zero-order chi connectivity index (χ0) is 14.8. The van der Waals surface area contributed by atoms with E-state index in [1.54, 1.807) is 0 Å². The highest BCUT2D eigenvalue weighted by Crippen LogP contribution is 2.37. The summed E-state index contributed by atoms with van der Waals surface area (Å²) in [4.78, 5) is 6.94. The van der Waals surface area contributed by atoms with Gasteiger partial charge < -0.3 is 9.88 Å². The van der Waals surface area contributed by atoms with Crippen LogP contribution in [0.15, 0.2) is 18.7 Å². The van der Waals surface area contributed by atoms with Gasteiger partial charge in [0, 0.05) is 49.7 Å². The number of aryl methyl sites for hydroxylation is 1. The van der Waals surface area contributed by atoms with Crippen LogP contribution in [0.5, 0.6) is 0 Å². The van der Waals surface area contributed by atoms with Crippen LogP contribution in [0.25, 0.3) is 0 Å². The van der Waals surface area contributed by atoms with Gasteiger partial charge in [-0.3, -0.25) is 4.90 Å². The van der Waals surface area contributed by atoms with Crippen LogP contribution < -0.4 is 5.32 Å². The summed E-state index contributed by atoms with van der Waals surface area (Å²) in [6.45, 7) is 9.32. The Labute approximate surface area is 128 Å². The van der Waals surface area contributed by atoms with Gasteiger partial charge in [0.05, 0.1) is 6.33 Å². The van der Waals surface area contributed by atoms with Gasteiger partial charge in [-0.05, 0) is 33.1 Å². The normalized spacial score (nSPS) is 25.2. The van der Waals surface area contributed by atoms with E-state index in [9.17, 15) is 0 Å². The maximum Gasteiger partial charge on any atom is 0.0945 e. The van der Waals surface area contributed by atoms with Crippen LogP contribution in [-0.2, 0) is 6.54 Å². The number of nitrogens with one attached hydrogen (secondary N) is 1. The molecule has 1 aromatic rings. The number of hydrogen-bond acceptors (Lipinski definition) is 3. The Hall–Kier alpha value is -0.870. The van der Waals surface area contributed by atoms with Crippen LogP contribution in [0.4, 0.5) is 0 Å². The molecule has 1 saturated heterocycles. The Morgan fingerprint density at radius 3 is 2.67 bits per heavy atom. The van der Waals surface area contributed by atoms with Crippen LogP contribution >= 0.6 is 0 Å². The predicted molar refractivity (Wildman–Crippen MR) is 86.3 cm³/mol. The minimum atomic E-state index is 0.248. The lowest BCUT2D eigenvalue weighted by Gasteiger charge is -2.54. The fraction of sp³-hybridized carbons (Fsp3) is 0.824. The van der Waals surface area contributed by atoms with Crippen molar-refractivity contribution in [2.45, 2.75) is 70.0 Å². The van der Waals surface area contributed by atoms with Crippen LogP contribution in [0.1, 0.15) is 52.4 Å².